The first kappa shape index (κ1) is 12.1. The molecule has 1 aliphatic rings. The third-order valence-corrected chi connectivity index (χ3v) is 2.62. The summed E-state index contributed by atoms with van der Waals surface area (Å²) >= 11 is 0. The second-order valence-electron chi connectivity index (χ2n) is 4.87. The maximum Gasteiger partial charge on any atom is 0.218 e. The van der Waals surface area contributed by atoms with E-state index < -0.39 is 0 Å². The number of hydrogen-bond donors (Lipinski definition) is 1. The minimum atomic E-state index is 0.319. The van der Waals surface area contributed by atoms with Gasteiger partial charge in [0.2, 0.25) is 5.88 Å². The minimum Gasteiger partial charge on any atom is -0.478 e. The Morgan fingerprint density at radius 1 is 1.41 bits per heavy atom. The zero-order chi connectivity index (χ0) is 12.3. The summed E-state index contributed by atoms with van der Waals surface area (Å²) < 4.78 is 5.60. The van der Waals surface area contributed by atoms with Crippen LogP contribution in [0.1, 0.15) is 51.8 Å². The standard InChI is InChI=1S/C13H21N3O/c1-4-7-17-12-8-11(14-10-5-6-10)15-13(16-12)9(2)3/h8-10H,4-7H2,1-3H3,(H,14,15,16). The topological polar surface area (TPSA) is 47.0 Å². The summed E-state index contributed by atoms with van der Waals surface area (Å²) in [5, 5.41) is 3.40. The summed E-state index contributed by atoms with van der Waals surface area (Å²) in [6.07, 6.45) is 3.48. The molecule has 1 aliphatic carbocycles. The molecule has 0 aliphatic heterocycles. The summed E-state index contributed by atoms with van der Waals surface area (Å²) in [6, 6.07) is 2.50. The lowest BCUT2D eigenvalue weighted by atomic mass is 10.2. The van der Waals surface area contributed by atoms with Gasteiger partial charge in [0.15, 0.2) is 0 Å². The zero-order valence-electron chi connectivity index (χ0n) is 10.9. The normalized spacial score (nSPS) is 15.1. The summed E-state index contributed by atoms with van der Waals surface area (Å²) in [5.74, 6) is 2.76. The van der Waals surface area contributed by atoms with Crippen molar-refractivity contribution in [3.05, 3.63) is 11.9 Å². The molecule has 1 N–H and O–H groups in total. The fourth-order valence-corrected chi connectivity index (χ4v) is 1.49. The minimum absolute atomic E-state index is 0.319. The molecule has 4 heteroatoms. The van der Waals surface area contributed by atoms with Gasteiger partial charge in [0.1, 0.15) is 11.6 Å². The Labute approximate surface area is 103 Å². The van der Waals surface area contributed by atoms with Gasteiger partial charge in [-0.05, 0) is 19.3 Å². The van der Waals surface area contributed by atoms with Gasteiger partial charge in [-0.3, -0.25) is 0 Å². The number of hydrogen-bond acceptors (Lipinski definition) is 4. The number of nitrogens with zero attached hydrogens (tertiary/aromatic N) is 2. The predicted molar refractivity (Wildman–Crippen MR) is 68.6 cm³/mol. The highest BCUT2D eigenvalue weighted by Gasteiger charge is 2.22. The molecule has 0 unspecified atom stereocenters. The zero-order valence-corrected chi connectivity index (χ0v) is 10.9. The Balaban J connectivity index is 2.14. The molecule has 0 spiro atoms. The van der Waals surface area contributed by atoms with Gasteiger partial charge in [-0.15, -0.1) is 0 Å². The van der Waals surface area contributed by atoms with Crippen molar-refractivity contribution in [1.29, 1.82) is 0 Å². The predicted octanol–water partition coefficient (Wildman–Crippen LogP) is 2.96. The van der Waals surface area contributed by atoms with Gasteiger partial charge in [0.25, 0.3) is 0 Å². The molecule has 1 heterocycles. The van der Waals surface area contributed by atoms with E-state index in [4.69, 9.17) is 4.74 Å². The van der Waals surface area contributed by atoms with Crippen LogP contribution in [0.3, 0.4) is 0 Å². The van der Waals surface area contributed by atoms with Crippen molar-refractivity contribution in [1.82, 2.24) is 9.97 Å². The number of ether oxygens (including phenoxy) is 1. The second kappa shape index (κ2) is 5.34. The molecule has 2 rings (SSSR count). The summed E-state index contributed by atoms with van der Waals surface area (Å²) in [7, 11) is 0. The molecule has 0 atom stereocenters. The Hall–Kier alpha value is -1.32. The van der Waals surface area contributed by atoms with Crippen LogP contribution in [0.15, 0.2) is 6.07 Å². The van der Waals surface area contributed by atoms with E-state index in [0.29, 0.717) is 24.4 Å². The molecule has 0 bridgehead atoms. The van der Waals surface area contributed by atoms with Crippen LogP contribution in [0.5, 0.6) is 5.88 Å². The van der Waals surface area contributed by atoms with Gasteiger partial charge in [-0.2, -0.15) is 4.98 Å². The number of rotatable bonds is 6. The van der Waals surface area contributed by atoms with Crippen LogP contribution < -0.4 is 10.1 Å². The smallest absolute Gasteiger partial charge is 0.218 e. The first-order valence-electron chi connectivity index (χ1n) is 6.47. The van der Waals surface area contributed by atoms with Crippen molar-refractivity contribution in [2.24, 2.45) is 0 Å². The number of aromatic nitrogens is 2. The molecular formula is C13H21N3O. The van der Waals surface area contributed by atoms with E-state index in [9.17, 15) is 0 Å². The summed E-state index contributed by atoms with van der Waals surface area (Å²) in [5.41, 5.74) is 0. The average molecular weight is 235 g/mol. The lowest BCUT2D eigenvalue weighted by Crippen LogP contribution is -2.09. The average Bonchev–Trinajstić information content (AvgIpc) is 3.10. The van der Waals surface area contributed by atoms with Crippen molar-refractivity contribution in [3.63, 3.8) is 0 Å². The Morgan fingerprint density at radius 2 is 2.18 bits per heavy atom. The molecule has 1 aromatic rings. The highest BCUT2D eigenvalue weighted by Crippen LogP contribution is 2.26. The highest BCUT2D eigenvalue weighted by molar-refractivity contribution is 5.41. The molecule has 1 aromatic heterocycles. The van der Waals surface area contributed by atoms with E-state index in [2.05, 4.69) is 36.1 Å². The van der Waals surface area contributed by atoms with Crippen molar-refractivity contribution in [2.75, 3.05) is 11.9 Å². The Morgan fingerprint density at radius 3 is 2.76 bits per heavy atom. The molecule has 4 nitrogen and oxygen atoms in total. The lowest BCUT2D eigenvalue weighted by molar-refractivity contribution is 0.303. The number of anilines is 1. The van der Waals surface area contributed by atoms with Gasteiger partial charge in [0, 0.05) is 18.0 Å². The van der Waals surface area contributed by atoms with Gasteiger partial charge >= 0.3 is 0 Å². The van der Waals surface area contributed by atoms with Gasteiger partial charge in [-0.1, -0.05) is 20.8 Å². The van der Waals surface area contributed by atoms with Crippen LogP contribution in [0.4, 0.5) is 5.82 Å². The van der Waals surface area contributed by atoms with Crippen LogP contribution in [-0.2, 0) is 0 Å². The van der Waals surface area contributed by atoms with E-state index in [1.165, 1.54) is 12.8 Å². The van der Waals surface area contributed by atoms with E-state index in [0.717, 1.165) is 18.1 Å². The monoisotopic (exact) mass is 235 g/mol. The van der Waals surface area contributed by atoms with Crippen LogP contribution in [-0.4, -0.2) is 22.6 Å². The maximum atomic E-state index is 5.60. The van der Waals surface area contributed by atoms with Crippen LogP contribution in [0.2, 0.25) is 0 Å². The molecule has 0 aromatic carbocycles. The van der Waals surface area contributed by atoms with E-state index >= 15 is 0 Å². The largest absolute Gasteiger partial charge is 0.478 e. The van der Waals surface area contributed by atoms with Gasteiger partial charge in [0.05, 0.1) is 6.61 Å². The number of nitrogens with one attached hydrogen (secondary N) is 1. The molecule has 0 amide bonds. The first-order chi connectivity index (χ1) is 8.19. The molecule has 1 fully saturated rings. The molecule has 1 saturated carbocycles. The van der Waals surface area contributed by atoms with E-state index in [1.807, 2.05) is 6.07 Å². The molecule has 0 radical (unpaired) electrons. The fourth-order valence-electron chi connectivity index (χ4n) is 1.49. The lowest BCUT2D eigenvalue weighted by Gasteiger charge is -2.11. The fraction of sp³-hybridized carbons (Fsp3) is 0.692. The third-order valence-electron chi connectivity index (χ3n) is 2.62. The third kappa shape index (κ3) is 3.58. The van der Waals surface area contributed by atoms with Crippen molar-refractivity contribution >= 4 is 5.82 Å². The Kier molecular flexibility index (Phi) is 3.82. The molecular weight excluding hydrogens is 214 g/mol. The van der Waals surface area contributed by atoms with Crippen molar-refractivity contribution in [2.45, 2.75) is 52.0 Å². The first-order valence-corrected chi connectivity index (χ1v) is 6.47. The van der Waals surface area contributed by atoms with E-state index in [-0.39, 0.29) is 0 Å². The second-order valence-corrected chi connectivity index (χ2v) is 4.87. The summed E-state index contributed by atoms with van der Waals surface area (Å²) in [4.78, 5) is 8.94. The van der Waals surface area contributed by atoms with Gasteiger partial charge in [-0.25, -0.2) is 4.98 Å². The highest BCUT2D eigenvalue weighted by atomic mass is 16.5. The maximum absolute atomic E-state index is 5.60. The Bertz CT molecular complexity index is 375. The van der Waals surface area contributed by atoms with Crippen LogP contribution in [0, 0.1) is 0 Å². The van der Waals surface area contributed by atoms with Gasteiger partial charge < -0.3 is 10.1 Å². The van der Waals surface area contributed by atoms with Crippen molar-refractivity contribution in [3.8, 4) is 5.88 Å². The molecule has 0 saturated heterocycles. The SMILES string of the molecule is CCCOc1cc(NC2CC2)nc(C(C)C)n1. The van der Waals surface area contributed by atoms with E-state index in [1.54, 1.807) is 0 Å². The van der Waals surface area contributed by atoms with Crippen LogP contribution >= 0.6 is 0 Å². The summed E-state index contributed by atoms with van der Waals surface area (Å²) in [6.45, 7) is 6.99. The quantitative estimate of drug-likeness (QED) is 0.823. The van der Waals surface area contributed by atoms with Crippen LogP contribution in [0.25, 0.3) is 0 Å². The van der Waals surface area contributed by atoms with Crippen molar-refractivity contribution < 1.29 is 4.74 Å². The molecule has 17 heavy (non-hydrogen) atoms. The molecule has 94 valence electrons.